The zero-order chi connectivity index (χ0) is 14.8. The molecule has 1 heterocycles. The molecule has 1 aromatic rings. The van der Waals surface area contributed by atoms with E-state index in [4.69, 9.17) is 4.74 Å². The number of hydrogen-bond donors (Lipinski definition) is 2. The van der Waals surface area contributed by atoms with Crippen LogP contribution >= 0.6 is 0 Å². The van der Waals surface area contributed by atoms with Gasteiger partial charge in [-0.3, -0.25) is 4.90 Å². The molecule has 110 valence electrons. The number of ether oxygens (including phenoxy) is 1. The van der Waals surface area contributed by atoms with Gasteiger partial charge in [0, 0.05) is 12.0 Å². The first kappa shape index (κ1) is 14.8. The molecule has 1 saturated heterocycles. The van der Waals surface area contributed by atoms with Crippen molar-refractivity contribution in [2.75, 3.05) is 26.8 Å². The van der Waals surface area contributed by atoms with Gasteiger partial charge in [0.25, 0.3) is 0 Å². The normalized spacial score (nSPS) is 29.0. The molecule has 0 bridgehead atoms. The Bertz CT molecular complexity index is 486. The van der Waals surface area contributed by atoms with Gasteiger partial charge in [-0.15, -0.1) is 0 Å². The molecule has 1 aromatic carbocycles. The van der Waals surface area contributed by atoms with Crippen LogP contribution in [0.5, 0.6) is 5.75 Å². The third-order valence-corrected chi connectivity index (χ3v) is 4.09. The van der Waals surface area contributed by atoms with Crippen LogP contribution in [0.1, 0.15) is 25.5 Å². The van der Waals surface area contributed by atoms with Crippen LogP contribution in [0, 0.1) is 5.41 Å². The summed E-state index contributed by atoms with van der Waals surface area (Å²) < 4.78 is 5.17. The summed E-state index contributed by atoms with van der Waals surface area (Å²) in [6.07, 6.45) is 0. The third kappa shape index (κ3) is 2.39. The van der Waals surface area contributed by atoms with Crippen molar-refractivity contribution < 1.29 is 15.1 Å². The van der Waals surface area contributed by atoms with Crippen molar-refractivity contribution in [1.29, 1.82) is 0 Å². The molecule has 1 aliphatic rings. The van der Waals surface area contributed by atoms with Gasteiger partial charge in [0.15, 0.2) is 0 Å². The fourth-order valence-corrected chi connectivity index (χ4v) is 2.88. The number of rotatable bonds is 4. The number of aliphatic hydroxyl groups excluding tert-OH is 1. The molecule has 2 N–H and O–H groups in total. The van der Waals surface area contributed by atoms with E-state index in [-0.39, 0.29) is 12.6 Å². The molecule has 0 aliphatic carbocycles. The van der Waals surface area contributed by atoms with Gasteiger partial charge in [-0.25, -0.2) is 0 Å². The molecule has 5 nitrogen and oxygen atoms in total. The first-order valence-corrected chi connectivity index (χ1v) is 6.81. The van der Waals surface area contributed by atoms with Crippen LogP contribution in [0.4, 0.5) is 0 Å². The van der Waals surface area contributed by atoms with Crippen LogP contribution in [-0.2, 0) is 0 Å². The maximum absolute atomic E-state index is 9.65. The Hall–Kier alpha value is -1.59. The fraction of sp³-hybridized carbons (Fsp3) is 0.533. The molecule has 20 heavy (non-hydrogen) atoms. The van der Waals surface area contributed by atoms with Crippen LogP contribution in [-0.4, -0.2) is 47.7 Å². The summed E-state index contributed by atoms with van der Waals surface area (Å²) in [5.74, 6) is 0.794. The highest BCUT2D eigenvalue weighted by molar-refractivity contribution is 5.97. The predicted molar refractivity (Wildman–Crippen MR) is 77.4 cm³/mol. The minimum absolute atomic E-state index is 0.0322. The van der Waals surface area contributed by atoms with Gasteiger partial charge in [-0.05, 0) is 24.2 Å². The number of methoxy groups -OCH3 is 1. The van der Waals surface area contributed by atoms with E-state index < -0.39 is 5.41 Å². The smallest absolute Gasteiger partial charge is 0.118 e. The van der Waals surface area contributed by atoms with E-state index in [1.165, 1.54) is 0 Å². The summed E-state index contributed by atoms with van der Waals surface area (Å²) in [6, 6.07) is 7.63. The van der Waals surface area contributed by atoms with Crippen molar-refractivity contribution in [3.05, 3.63) is 29.8 Å². The standard InChI is InChI=1S/C15H22N2O3/c1-4-17-9-15(2,10-18)14(16-19)13(17)11-5-7-12(20-3)8-6-11/h5-8,13,18-19H,4,9-10H2,1-3H3/b16-14+/t13-,15-/m0/s1. The maximum Gasteiger partial charge on any atom is 0.118 e. The molecule has 0 radical (unpaired) electrons. The van der Waals surface area contributed by atoms with Crippen molar-refractivity contribution in [2.45, 2.75) is 19.9 Å². The third-order valence-electron chi connectivity index (χ3n) is 4.09. The van der Waals surface area contributed by atoms with Crippen LogP contribution in [0.25, 0.3) is 0 Å². The van der Waals surface area contributed by atoms with Crippen LogP contribution < -0.4 is 4.74 Å². The van der Waals surface area contributed by atoms with Gasteiger partial charge >= 0.3 is 0 Å². The molecule has 1 fully saturated rings. The second kappa shape index (κ2) is 5.81. The summed E-state index contributed by atoms with van der Waals surface area (Å²) in [4.78, 5) is 2.20. The number of oxime groups is 1. The van der Waals surface area contributed by atoms with E-state index in [0.717, 1.165) is 17.9 Å². The SMILES string of the molecule is CCN1C[C@@](C)(CO)/C(=N/O)[C@@H]1c1ccc(OC)cc1. The van der Waals surface area contributed by atoms with Gasteiger partial charge < -0.3 is 15.1 Å². The van der Waals surface area contributed by atoms with Crippen LogP contribution in [0.3, 0.4) is 0 Å². The quantitative estimate of drug-likeness (QED) is 0.652. The van der Waals surface area contributed by atoms with E-state index in [2.05, 4.69) is 17.0 Å². The lowest BCUT2D eigenvalue weighted by Gasteiger charge is -2.22. The molecule has 0 aromatic heterocycles. The van der Waals surface area contributed by atoms with E-state index in [1.54, 1.807) is 7.11 Å². The summed E-state index contributed by atoms with van der Waals surface area (Å²) >= 11 is 0. The van der Waals surface area contributed by atoms with E-state index >= 15 is 0 Å². The molecule has 2 atom stereocenters. The molecule has 0 unspecified atom stereocenters. The lowest BCUT2D eigenvalue weighted by molar-refractivity contribution is 0.168. The zero-order valence-corrected chi connectivity index (χ0v) is 12.2. The molecule has 5 heteroatoms. The summed E-state index contributed by atoms with van der Waals surface area (Å²) in [7, 11) is 1.63. The lowest BCUT2D eigenvalue weighted by atomic mass is 9.85. The van der Waals surface area contributed by atoms with E-state index in [1.807, 2.05) is 31.2 Å². The minimum atomic E-state index is -0.505. The second-order valence-electron chi connectivity index (χ2n) is 5.44. The number of aliphatic hydroxyl groups is 1. The Balaban J connectivity index is 2.40. The number of likely N-dealkylation sites (tertiary alicyclic amines) is 1. The highest BCUT2D eigenvalue weighted by atomic mass is 16.5. The molecule has 0 saturated carbocycles. The second-order valence-corrected chi connectivity index (χ2v) is 5.44. The Morgan fingerprint density at radius 2 is 2.05 bits per heavy atom. The molecular weight excluding hydrogens is 256 g/mol. The summed E-state index contributed by atoms with van der Waals surface area (Å²) in [5, 5.41) is 22.5. The summed E-state index contributed by atoms with van der Waals surface area (Å²) in [6.45, 7) is 5.46. The fourth-order valence-electron chi connectivity index (χ4n) is 2.88. The molecule has 0 spiro atoms. The predicted octanol–water partition coefficient (Wildman–Crippen LogP) is 1.90. The molecule has 2 rings (SSSR count). The molecule has 0 amide bonds. The van der Waals surface area contributed by atoms with Gasteiger partial charge in [0.05, 0.1) is 25.5 Å². The van der Waals surface area contributed by atoms with Crippen molar-refractivity contribution in [1.82, 2.24) is 4.90 Å². The molecule has 1 aliphatic heterocycles. The zero-order valence-electron chi connectivity index (χ0n) is 12.2. The monoisotopic (exact) mass is 278 g/mol. The molecular formula is C15H22N2O3. The van der Waals surface area contributed by atoms with Gasteiger partial charge in [-0.1, -0.05) is 31.1 Å². The van der Waals surface area contributed by atoms with E-state index in [0.29, 0.717) is 12.3 Å². The van der Waals surface area contributed by atoms with Crippen molar-refractivity contribution in [3.63, 3.8) is 0 Å². The topological polar surface area (TPSA) is 65.3 Å². The highest BCUT2D eigenvalue weighted by Gasteiger charge is 2.47. The first-order valence-electron chi connectivity index (χ1n) is 6.81. The first-order chi connectivity index (χ1) is 9.59. The Kier molecular flexibility index (Phi) is 4.30. The minimum Gasteiger partial charge on any atom is -0.497 e. The highest BCUT2D eigenvalue weighted by Crippen LogP contribution is 2.40. The van der Waals surface area contributed by atoms with Crippen molar-refractivity contribution >= 4 is 5.71 Å². The largest absolute Gasteiger partial charge is 0.497 e. The Labute approximate surface area is 119 Å². The average Bonchev–Trinajstić information content (AvgIpc) is 2.80. The van der Waals surface area contributed by atoms with E-state index in [9.17, 15) is 10.3 Å². The van der Waals surface area contributed by atoms with Gasteiger partial charge in [0.2, 0.25) is 0 Å². The van der Waals surface area contributed by atoms with Gasteiger partial charge in [0.1, 0.15) is 5.75 Å². The maximum atomic E-state index is 9.65. The lowest BCUT2D eigenvalue weighted by Crippen LogP contribution is -2.31. The number of hydrogen-bond acceptors (Lipinski definition) is 5. The van der Waals surface area contributed by atoms with Crippen LogP contribution in [0.2, 0.25) is 0 Å². The van der Waals surface area contributed by atoms with Crippen molar-refractivity contribution in [2.24, 2.45) is 10.6 Å². The Morgan fingerprint density at radius 1 is 1.40 bits per heavy atom. The average molecular weight is 278 g/mol. The Morgan fingerprint density at radius 3 is 2.50 bits per heavy atom. The number of nitrogens with zero attached hydrogens (tertiary/aromatic N) is 2. The summed E-state index contributed by atoms with van der Waals surface area (Å²) in [5.41, 5.74) is 1.15. The number of benzene rings is 1. The van der Waals surface area contributed by atoms with Gasteiger partial charge in [-0.2, -0.15) is 0 Å². The van der Waals surface area contributed by atoms with Crippen molar-refractivity contribution in [3.8, 4) is 5.75 Å². The van der Waals surface area contributed by atoms with Crippen LogP contribution in [0.15, 0.2) is 29.4 Å².